The average Bonchev–Trinajstić information content (AvgIpc) is 3.34. The first-order valence-corrected chi connectivity index (χ1v) is 10.4. The fourth-order valence-corrected chi connectivity index (χ4v) is 3.53. The van der Waals surface area contributed by atoms with Crippen LogP contribution in [0.4, 0.5) is 5.95 Å². The standard InChI is InChI=1S/C23H22ClN5O3/c1-14-6-4-7-15(2)21(14)31-12-19-16(3)32-28-20(19)22(30)26-23-25-13-29(27-23)11-17-8-5-9-18(24)10-17/h4-10,13H,11-12H2,1-3H3,(H,26,27,30). The maximum atomic E-state index is 12.8. The highest BCUT2D eigenvalue weighted by atomic mass is 35.5. The molecule has 0 bridgehead atoms. The number of aryl methyl sites for hydroxylation is 3. The zero-order valence-electron chi connectivity index (χ0n) is 17.9. The number of aromatic nitrogens is 4. The van der Waals surface area contributed by atoms with Gasteiger partial charge in [0.25, 0.3) is 5.91 Å². The molecule has 0 aliphatic rings. The summed E-state index contributed by atoms with van der Waals surface area (Å²) in [4.78, 5) is 17.0. The molecule has 8 nitrogen and oxygen atoms in total. The molecular weight excluding hydrogens is 430 g/mol. The number of nitrogens with zero attached hydrogens (tertiary/aromatic N) is 4. The number of rotatable bonds is 7. The molecule has 32 heavy (non-hydrogen) atoms. The number of amides is 1. The summed E-state index contributed by atoms with van der Waals surface area (Å²) in [5.74, 6) is 0.989. The van der Waals surface area contributed by atoms with Crippen LogP contribution >= 0.6 is 11.6 Å². The molecule has 9 heteroatoms. The Morgan fingerprint density at radius 2 is 1.91 bits per heavy atom. The number of nitrogens with one attached hydrogen (secondary N) is 1. The normalized spacial score (nSPS) is 10.9. The number of benzene rings is 2. The number of ether oxygens (including phenoxy) is 1. The second-order valence-electron chi connectivity index (χ2n) is 7.43. The molecule has 0 unspecified atom stereocenters. The molecule has 0 fully saturated rings. The van der Waals surface area contributed by atoms with Crippen LogP contribution < -0.4 is 10.1 Å². The molecule has 0 saturated heterocycles. The molecule has 1 N–H and O–H groups in total. The highest BCUT2D eigenvalue weighted by Gasteiger charge is 2.22. The summed E-state index contributed by atoms with van der Waals surface area (Å²) in [7, 11) is 0. The van der Waals surface area contributed by atoms with Crippen molar-refractivity contribution in [2.75, 3.05) is 5.32 Å². The largest absolute Gasteiger partial charge is 0.488 e. The maximum absolute atomic E-state index is 12.8. The van der Waals surface area contributed by atoms with Crippen LogP contribution in [-0.4, -0.2) is 25.8 Å². The second-order valence-corrected chi connectivity index (χ2v) is 7.86. The van der Waals surface area contributed by atoms with Crippen molar-refractivity contribution >= 4 is 23.5 Å². The SMILES string of the molecule is Cc1cccc(C)c1OCc1c(C(=O)Nc2ncn(Cc3cccc(Cl)c3)n2)noc1C. The molecule has 2 aromatic heterocycles. The summed E-state index contributed by atoms with van der Waals surface area (Å²) in [5.41, 5.74) is 3.71. The molecule has 0 radical (unpaired) electrons. The second kappa shape index (κ2) is 9.23. The van der Waals surface area contributed by atoms with Crippen molar-refractivity contribution in [3.8, 4) is 5.75 Å². The third kappa shape index (κ3) is 4.81. The van der Waals surface area contributed by atoms with Crippen LogP contribution in [0.25, 0.3) is 0 Å². The van der Waals surface area contributed by atoms with E-state index in [9.17, 15) is 4.79 Å². The van der Waals surface area contributed by atoms with Crippen molar-refractivity contribution in [2.45, 2.75) is 33.9 Å². The predicted octanol–water partition coefficient (Wildman–Crippen LogP) is 4.72. The van der Waals surface area contributed by atoms with Gasteiger partial charge < -0.3 is 9.26 Å². The molecule has 0 aliphatic carbocycles. The Hall–Kier alpha value is -3.65. The van der Waals surface area contributed by atoms with E-state index in [2.05, 4.69) is 20.6 Å². The van der Waals surface area contributed by atoms with Crippen LogP contribution in [0.5, 0.6) is 5.75 Å². The van der Waals surface area contributed by atoms with Gasteiger partial charge in [-0.15, -0.1) is 5.10 Å². The Bertz CT molecular complexity index is 1240. The van der Waals surface area contributed by atoms with Gasteiger partial charge in [0.15, 0.2) is 5.69 Å². The van der Waals surface area contributed by atoms with Gasteiger partial charge in [0, 0.05) is 5.02 Å². The van der Waals surface area contributed by atoms with E-state index < -0.39 is 5.91 Å². The summed E-state index contributed by atoms with van der Waals surface area (Å²) in [6, 6.07) is 13.4. The van der Waals surface area contributed by atoms with Gasteiger partial charge in [-0.2, -0.15) is 0 Å². The summed E-state index contributed by atoms with van der Waals surface area (Å²) in [5, 5.41) is 11.5. The summed E-state index contributed by atoms with van der Waals surface area (Å²) < 4.78 is 12.8. The Balaban J connectivity index is 1.45. The van der Waals surface area contributed by atoms with Crippen LogP contribution in [0.15, 0.2) is 53.3 Å². The minimum Gasteiger partial charge on any atom is -0.488 e. The van der Waals surface area contributed by atoms with E-state index >= 15 is 0 Å². The number of hydrogen-bond donors (Lipinski definition) is 1. The monoisotopic (exact) mass is 451 g/mol. The van der Waals surface area contributed by atoms with E-state index in [1.54, 1.807) is 17.7 Å². The van der Waals surface area contributed by atoms with E-state index in [0.717, 1.165) is 22.4 Å². The van der Waals surface area contributed by atoms with Gasteiger partial charge in [0.1, 0.15) is 24.4 Å². The van der Waals surface area contributed by atoms with E-state index in [1.807, 2.05) is 50.2 Å². The smallest absolute Gasteiger partial charge is 0.280 e. The molecule has 4 aromatic rings. The molecule has 0 aliphatic heterocycles. The van der Waals surface area contributed by atoms with E-state index in [1.165, 1.54) is 6.33 Å². The topological polar surface area (TPSA) is 95.1 Å². The lowest BCUT2D eigenvalue weighted by Crippen LogP contribution is -2.16. The first-order valence-electron chi connectivity index (χ1n) is 10.00. The molecule has 164 valence electrons. The van der Waals surface area contributed by atoms with E-state index in [4.69, 9.17) is 20.9 Å². The lowest BCUT2D eigenvalue weighted by atomic mass is 10.1. The molecule has 2 heterocycles. The van der Waals surface area contributed by atoms with E-state index in [0.29, 0.717) is 22.9 Å². The fourth-order valence-electron chi connectivity index (χ4n) is 3.32. The minimum atomic E-state index is -0.470. The lowest BCUT2D eigenvalue weighted by molar-refractivity contribution is 0.101. The highest BCUT2D eigenvalue weighted by Crippen LogP contribution is 2.25. The van der Waals surface area contributed by atoms with Gasteiger partial charge in [0.2, 0.25) is 5.95 Å². The van der Waals surface area contributed by atoms with Gasteiger partial charge in [-0.3, -0.25) is 10.1 Å². The van der Waals surface area contributed by atoms with Crippen molar-refractivity contribution in [1.82, 2.24) is 19.9 Å². The Morgan fingerprint density at radius 1 is 1.16 bits per heavy atom. The number of carbonyl (C=O) groups excluding carboxylic acids is 1. The van der Waals surface area contributed by atoms with Crippen molar-refractivity contribution in [3.63, 3.8) is 0 Å². The quantitative estimate of drug-likeness (QED) is 0.436. The third-order valence-electron chi connectivity index (χ3n) is 4.96. The molecule has 1 amide bonds. The summed E-state index contributed by atoms with van der Waals surface area (Å²) >= 11 is 6.02. The Kier molecular flexibility index (Phi) is 6.23. The van der Waals surface area contributed by atoms with Gasteiger partial charge >= 0.3 is 0 Å². The maximum Gasteiger partial charge on any atom is 0.280 e. The summed E-state index contributed by atoms with van der Waals surface area (Å²) in [6.45, 7) is 6.32. The van der Waals surface area contributed by atoms with Gasteiger partial charge in [-0.1, -0.05) is 47.1 Å². The first-order chi connectivity index (χ1) is 15.4. The van der Waals surface area contributed by atoms with Crippen LogP contribution in [0.3, 0.4) is 0 Å². The predicted molar refractivity (Wildman–Crippen MR) is 120 cm³/mol. The zero-order chi connectivity index (χ0) is 22.7. The number of halogens is 1. The molecule has 0 saturated carbocycles. The van der Waals surface area contributed by atoms with Crippen LogP contribution in [-0.2, 0) is 13.2 Å². The number of hydrogen-bond acceptors (Lipinski definition) is 6. The van der Waals surface area contributed by atoms with Crippen molar-refractivity contribution in [1.29, 1.82) is 0 Å². The number of para-hydroxylation sites is 1. The van der Waals surface area contributed by atoms with Gasteiger partial charge in [-0.05, 0) is 49.6 Å². The fraction of sp³-hybridized carbons (Fsp3) is 0.217. The third-order valence-corrected chi connectivity index (χ3v) is 5.20. The van der Waals surface area contributed by atoms with Crippen LogP contribution in [0.1, 0.15) is 38.5 Å². The van der Waals surface area contributed by atoms with Crippen LogP contribution in [0, 0.1) is 20.8 Å². The molecule has 2 aromatic carbocycles. The van der Waals surface area contributed by atoms with Gasteiger partial charge in [0.05, 0.1) is 12.1 Å². The summed E-state index contributed by atoms with van der Waals surface area (Å²) in [6.07, 6.45) is 1.54. The van der Waals surface area contributed by atoms with Gasteiger partial charge in [-0.25, -0.2) is 9.67 Å². The molecular formula is C23H22ClN5O3. The van der Waals surface area contributed by atoms with Crippen molar-refractivity contribution < 1.29 is 14.1 Å². The Labute approximate surface area is 190 Å². The lowest BCUT2D eigenvalue weighted by Gasteiger charge is -2.11. The highest BCUT2D eigenvalue weighted by molar-refractivity contribution is 6.30. The zero-order valence-corrected chi connectivity index (χ0v) is 18.7. The first kappa shape index (κ1) is 21.6. The van der Waals surface area contributed by atoms with Crippen LogP contribution in [0.2, 0.25) is 5.02 Å². The Morgan fingerprint density at radius 3 is 2.66 bits per heavy atom. The number of anilines is 1. The molecule has 0 spiro atoms. The number of carbonyl (C=O) groups is 1. The molecule has 0 atom stereocenters. The minimum absolute atomic E-state index is 0.139. The van der Waals surface area contributed by atoms with E-state index in [-0.39, 0.29) is 18.2 Å². The molecule has 4 rings (SSSR count). The van der Waals surface area contributed by atoms with Crippen molar-refractivity contribution in [3.05, 3.63) is 87.5 Å². The van der Waals surface area contributed by atoms with Crippen molar-refractivity contribution in [2.24, 2.45) is 0 Å². The average molecular weight is 452 g/mol.